The van der Waals surface area contributed by atoms with Crippen molar-refractivity contribution in [2.24, 2.45) is 0 Å². The smallest absolute Gasteiger partial charge is 0.243 e. The Kier molecular flexibility index (Phi) is 4.49. The van der Waals surface area contributed by atoms with Gasteiger partial charge in [-0.05, 0) is 49.2 Å². The predicted molar refractivity (Wildman–Crippen MR) is 97.4 cm³/mol. The highest BCUT2D eigenvalue weighted by atomic mass is 32.1. The molecule has 4 nitrogen and oxygen atoms in total. The SMILES string of the molecule is Cc1ccc(C)c2sc(N(C)CC(=O)Nc3ccc(F)cc3)nc12. The average molecular weight is 343 g/mol. The number of nitrogens with zero attached hydrogens (tertiary/aromatic N) is 2. The molecule has 0 saturated carbocycles. The number of aromatic nitrogens is 1. The summed E-state index contributed by atoms with van der Waals surface area (Å²) in [6.07, 6.45) is 0. The fraction of sp³-hybridized carbons (Fsp3) is 0.222. The number of nitrogens with one attached hydrogen (secondary N) is 1. The highest BCUT2D eigenvalue weighted by molar-refractivity contribution is 7.22. The van der Waals surface area contributed by atoms with Gasteiger partial charge >= 0.3 is 0 Å². The Bertz CT molecular complexity index is 850. The number of hydrogen-bond acceptors (Lipinski definition) is 4. The molecule has 1 N–H and O–H groups in total. The summed E-state index contributed by atoms with van der Waals surface area (Å²) in [7, 11) is 1.84. The van der Waals surface area contributed by atoms with Gasteiger partial charge in [0.25, 0.3) is 0 Å². The van der Waals surface area contributed by atoms with E-state index in [4.69, 9.17) is 0 Å². The molecular weight excluding hydrogens is 325 g/mol. The number of rotatable bonds is 4. The minimum atomic E-state index is -0.328. The molecule has 0 aliphatic carbocycles. The first-order chi connectivity index (χ1) is 11.4. The van der Waals surface area contributed by atoms with E-state index in [2.05, 4.69) is 29.4 Å². The van der Waals surface area contributed by atoms with E-state index in [1.165, 1.54) is 29.8 Å². The molecule has 0 spiro atoms. The molecule has 2 aromatic carbocycles. The minimum Gasteiger partial charge on any atom is -0.342 e. The van der Waals surface area contributed by atoms with Gasteiger partial charge < -0.3 is 10.2 Å². The Morgan fingerprint density at radius 2 is 1.83 bits per heavy atom. The third-order valence-electron chi connectivity index (χ3n) is 3.77. The van der Waals surface area contributed by atoms with Crippen molar-refractivity contribution in [1.29, 1.82) is 0 Å². The number of amides is 1. The Balaban J connectivity index is 1.73. The molecule has 3 aromatic rings. The maximum Gasteiger partial charge on any atom is 0.243 e. The number of halogens is 1. The summed E-state index contributed by atoms with van der Waals surface area (Å²) in [5.41, 5.74) is 3.87. The molecule has 0 radical (unpaired) electrons. The van der Waals surface area contributed by atoms with Crippen molar-refractivity contribution < 1.29 is 9.18 Å². The van der Waals surface area contributed by atoms with Gasteiger partial charge in [-0.25, -0.2) is 9.37 Å². The highest BCUT2D eigenvalue weighted by Gasteiger charge is 2.14. The normalized spacial score (nSPS) is 10.8. The lowest BCUT2D eigenvalue weighted by Crippen LogP contribution is -2.29. The van der Waals surface area contributed by atoms with Crippen molar-refractivity contribution in [2.45, 2.75) is 13.8 Å². The van der Waals surface area contributed by atoms with Gasteiger partial charge in [0.05, 0.1) is 16.8 Å². The summed E-state index contributed by atoms with van der Waals surface area (Å²) < 4.78 is 14.0. The number of hydrogen-bond donors (Lipinski definition) is 1. The number of benzene rings is 2. The van der Waals surface area contributed by atoms with Gasteiger partial charge in [-0.2, -0.15) is 0 Å². The Hall–Kier alpha value is -2.47. The van der Waals surface area contributed by atoms with Crippen molar-refractivity contribution >= 4 is 38.3 Å². The van der Waals surface area contributed by atoms with Crippen LogP contribution in [0, 0.1) is 19.7 Å². The molecule has 0 aliphatic rings. The standard InChI is InChI=1S/C18H18FN3OS/c1-11-4-5-12(2)17-16(11)21-18(24-17)22(3)10-15(23)20-14-8-6-13(19)7-9-14/h4-9H,10H2,1-3H3,(H,20,23). The molecule has 0 unspecified atom stereocenters. The second kappa shape index (κ2) is 6.57. The van der Waals surface area contributed by atoms with Gasteiger partial charge in [0, 0.05) is 12.7 Å². The quantitative estimate of drug-likeness (QED) is 0.775. The summed E-state index contributed by atoms with van der Waals surface area (Å²) in [6, 6.07) is 9.86. The number of carbonyl (C=O) groups is 1. The van der Waals surface area contributed by atoms with E-state index in [0.29, 0.717) is 5.69 Å². The number of aryl methyl sites for hydroxylation is 2. The fourth-order valence-electron chi connectivity index (χ4n) is 2.43. The fourth-order valence-corrected chi connectivity index (χ4v) is 3.50. The van der Waals surface area contributed by atoms with Gasteiger partial charge in [-0.1, -0.05) is 23.5 Å². The van der Waals surface area contributed by atoms with E-state index in [9.17, 15) is 9.18 Å². The van der Waals surface area contributed by atoms with Crippen LogP contribution in [0.25, 0.3) is 10.2 Å². The number of fused-ring (bicyclic) bond motifs is 1. The van der Waals surface area contributed by atoms with Gasteiger partial charge in [0.1, 0.15) is 5.82 Å². The Morgan fingerprint density at radius 1 is 1.17 bits per heavy atom. The van der Waals surface area contributed by atoms with Crippen molar-refractivity contribution in [3.05, 3.63) is 53.3 Å². The Labute approximate surface area is 143 Å². The molecule has 1 amide bonds. The van der Waals surface area contributed by atoms with Crippen LogP contribution in [0.5, 0.6) is 0 Å². The second-order valence-corrected chi connectivity index (χ2v) is 6.76. The van der Waals surface area contributed by atoms with Gasteiger partial charge in [0.2, 0.25) is 5.91 Å². The largest absolute Gasteiger partial charge is 0.342 e. The zero-order valence-electron chi connectivity index (χ0n) is 13.8. The number of anilines is 2. The first-order valence-corrected chi connectivity index (χ1v) is 8.39. The van der Waals surface area contributed by atoms with Crippen LogP contribution >= 0.6 is 11.3 Å². The zero-order chi connectivity index (χ0) is 17.3. The Morgan fingerprint density at radius 3 is 2.50 bits per heavy atom. The minimum absolute atomic E-state index is 0.170. The van der Waals surface area contributed by atoms with E-state index in [-0.39, 0.29) is 18.3 Å². The van der Waals surface area contributed by atoms with Crippen LogP contribution in [-0.4, -0.2) is 24.5 Å². The first-order valence-electron chi connectivity index (χ1n) is 7.57. The van der Waals surface area contributed by atoms with Gasteiger partial charge in [0.15, 0.2) is 5.13 Å². The average Bonchev–Trinajstić information content (AvgIpc) is 3.00. The maximum absolute atomic E-state index is 12.9. The van der Waals surface area contributed by atoms with Crippen LogP contribution in [0.1, 0.15) is 11.1 Å². The topological polar surface area (TPSA) is 45.2 Å². The molecule has 1 aromatic heterocycles. The maximum atomic E-state index is 12.9. The molecule has 6 heteroatoms. The van der Waals surface area contributed by atoms with E-state index in [1.807, 2.05) is 18.9 Å². The number of likely N-dealkylation sites (N-methyl/N-ethyl adjacent to an activating group) is 1. The lowest BCUT2D eigenvalue weighted by molar-refractivity contribution is -0.114. The van der Waals surface area contributed by atoms with Crippen molar-refractivity contribution in [1.82, 2.24) is 4.98 Å². The monoisotopic (exact) mass is 343 g/mol. The highest BCUT2D eigenvalue weighted by Crippen LogP contribution is 2.32. The predicted octanol–water partition coefficient (Wildman–Crippen LogP) is 4.13. The molecule has 0 atom stereocenters. The summed E-state index contributed by atoms with van der Waals surface area (Å²) in [6.45, 7) is 4.27. The van der Waals surface area contributed by atoms with Crippen molar-refractivity contribution in [2.75, 3.05) is 23.8 Å². The van der Waals surface area contributed by atoms with Crippen LogP contribution < -0.4 is 10.2 Å². The third kappa shape index (κ3) is 3.38. The van der Waals surface area contributed by atoms with Gasteiger partial charge in [-0.3, -0.25) is 4.79 Å². The number of carbonyl (C=O) groups excluding carboxylic acids is 1. The summed E-state index contributed by atoms with van der Waals surface area (Å²) >= 11 is 1.58. The first kappa shape index (κ1) is 16.4. The van der Waals surface area contributed by atoms with Gasteiger partial charge in [-0.15, -0.1) is 0 Å². The van der Waals surface area contributed by atoms with E-state index in [0.717, 1.165) is 20.9 Å². The van der Waals surface area contributed by atoms with Crippen LogP contribution in [0.4, 0.5) is 15.2 Å². The molecule has 24 heavy (non-hydrogen) atoms. The van der Waals surface area contributed by atoms with E-state index >= 15 is 0 Å². The van der Waals surface area contributed by atoms with Crippen LogP contribution in [-0.2, 0) is 4.79 Å². The summed E-state index contributed by atoms with van der Waals surface area (Å²) in [4.78, 5) is 18.6. The van der Waals surface area contributed by atoms with Crippen LogP contribution in [0.3, 0.4) is 0 Å². The van der Waals surface area contributed by atoms with Crippen molar-refractivity contribution in [3.8, 4) is 0 Å². The molecule has 3 rings (SSSR count). The molecule has 124 valence electrons. The third-order valence-corrected chi connectivity index (χ3v) is 5.07. The molecular formula is C18H18FN3OS. The summed E-state index contributed by atoms with van der Waals surface area (Å²) in [5.74, 6) is -0.498. The lowest BCUT2D eigenvalue weighted by atomic mass is 10.1. The number of thiazole rings is 1. The molecule has 0 bridgehead atoms. The zero-order valence-corrected chi connectivity index (χ0v) is 14.6. The lowest BCUT2D eigenvalue weighted by Gasteiger charge is -2.15. The molecule has 1 heterocycles. The summed E-state index contributed by atoms with van der Waals surface area (Å²) in [5, 5.41) is 3.56. The van der Waals surface area contributed by atoms with E-state index < -0.39 is 0 Å². The van der Waals surface area contributed by atoms with Crippen molar-refractivity contribution in [3.63, 3.8) is 0 Å². The van der Waals surface area contributed by atoms with Crippen LogP contribution in [0.15, 0.2) is 36.4 Å². The second-order valence-electron chi connectivity index (χ2n) is 5.78. The molecule has 0 fully saturated rings. The van der Waals surface area contributed by atoms with E-state index in [1.54, 1.807) is 11.3 Å². The molecule has 0 saturated heterocycles. The molecule has 0 aliphatic heterocycles. The van der Waals surface area contributed by atoms with Crippen LogP contribution in [0.2, 0.25) is 0 Å².